The summed E-state index contributed by atoms with van der Waals surface area (Å²) in [6, 6.07) is 19.2. The quantitative estimate of drug-likeness (QED) is 0.750. The van der Waals surface area contributed by atoms with E-state index in [0.29, 0.717) is 12.8 Å². The molecule has 0 saturated carbocycles. The molecule has 0 aromatic heterocycles. The largest absolute Gasteiger partial charge is 0.445 e. The first-order valence-corrected chi connectivity index (χ1v) is 9.77. The van der Waals surface area contributed by atoms with E-state index in [4.69, 9.17) is 4.74 Å². The van der Waals surface area contributed by atoms with Crippen LogP contribution in [0.1, 0.15) is 50.3 Å². The average Bonchev–Trinajstić information content (AvgIpc) is 2.96. The van der Waals surface area contributed by atoms with Gasteiger partial charge in [0.2, 0.25) is 5.91 Å². The molecule has 5 nitrogen and oxygen atoms in total. The average molecular weight is 380 g/mol. The highest BCUT2D eigenvalue weighted by atomic mass is 16.5. The van der Waals surface area contributed by atoms with E-state index in [1.807, 2.05) is 74.5 Å². The van der Waals surface area contributed by atoms with Gasteiger partial charge in [0.1, 0.15) is 6.61 Å². The molecule has 1 saturated heterocycles. The fourth-order valence-electron chi connectivity index (χ4n) is 3.71. The van der Waals surface area contributed by atoms with Crippen LogP contribution in [0.25, 0.3) is 0 Å². The molecule has 0 radical (unpaired) electrons. The molecule has 5 heteroatoms. The van der Waals surface area contributed by atoms with Gasteiger partial charge >= 0.3 is 6.09 Å². The van der Waals surface area contributed by atoms with Gasteiger partial charge in [-0.2, -0.15) is 0 Å². The molecule has 2 amide bonds. The summed E-state index contributed by atoms with van der Waals surface area (Å²) in [5.41, 5.74) is 1.79. The lowest BCUT2D eigenvalue weighted by Crippen LogP contribution is -2.34. The molecule has 1 heterocycles. The summed E-state index contributed by atoms with van der Waals surface area (Å²) in [6.45, 7) is 4.31. The van der Waals surface area contributed by atoms with E-state index in [9.17, 15) is 9.59 Å². The zero-order chi connectivity index (χ0) is 20.0. The van der Waals surface area contributed by atoms with Crippen LogP contribution in [0.15, 0.2) is 60.7 Å². The predicted molar refractivity (Wildman–Crippen MR) is 109 cm³/mol. The van der Waals surface area contributed by atoms with Crippen LogP contribution in [0, 0.1) is 5.92 Å². The molecule has 148 valence electrons. The molecule has 2 N–H and O–H groups in total. The predicted octanol–water partition coefficient (Wildman–Crippen LogP) is 4.35. The van der Waals surface area contributed by atoms with Crippen molar-refractivity contribution in [1.82, 2.24) is 10.6 Å². The summed E-state index contributed by atoms with van der Waals surface area (Å²) in [6.07, 6.45) is 1.76. The zero-order valence-corrected chi connectivity index (χ0v) is 16.5. The highest BCUT2D eigenvalue weighted by Gasteiger charge is 2.37. The fourth-order valence-corrected chi connectivity index (χ4v) is 3.71. The van der Waals surface area contributed by atoms with Crippen molar-refractivity contribution in [3.63, 3.8) is 0 Å². The summed E-state index contributed by atoms with van der Waals surface area (Å²) in [4.78, 5) is 24.5. The lowest BCUT2D eigenvalue weighted by Gasteiger charge is -2.21. The first kappa shape index (κ1) is 19.9. The van der Waals surface area contributed by atoms with Crippen LogP contribution in [-0.4, -0.2) is 17.5 Å². The van der Waals surface area contributed by atoms with Crippen LogP contribution in [0.3, 0.4) is 0 Å². The summed E-state index contributed by atoms with van der Waals surface area (Å²) in [5, 5.41) is 6.01. The van der Waals surface area contributed by atoms with Crippen molar-refractivity contribution in [1.29, 1.82) is 0 Å². The minimum absolute atomic E-state index is 0.0247. The third-order valence-corrected chi connectivity index (χ3v) is 5.10. The van der Waals surface area contributed by atoms with Gasteiger partial charge in [-0.3, -0.25) is 4.79 Å². The molecule has 28 heavy (non-hydrogen) atoms. The summed E-state index contributed by atoms with van der Waals surface area (Å²) < 4.78 is 5.38. The Morgan fingerprint density at radius 2 is 1.79 bits per heavy atom. The first-order chi connectivity index (χ1) is 13.4. The van der Waals surface area contributed by atoms with Crippen LogP contribution in [0.4, 0.5) is 4.79 Å². The maximum absolute atomic E-state index is 12.4. The van der Waals surface area contributed by atoms with E-state index in [-0.39, 0.29) is 30.0 Å². The highest BCUT2D eigenvalue weighted by molar-refractivity contribution is 5.82. The standard InChI is InChI=1S/C23H28N2O3/c1-23(2)15-19(21(26)25-23)13-14-20(18-11-7-4-8-12-18)24-22(27)28-16-17-9-5-3-6-10-17/h3-12,19-20H,13-16H2,1-2H3,(H,24,27)(H,25,26). The number of alkyl carbamates (subject to hydrolysis) is 1. The topological polar surface area (TPSA) is 67.4 Å². The maximum atomic E-state index is 12.4. The number of carbonyl (C=O) groups is 2. The molecule has 2 aromatic rings. The molecule has 1 aliphatic heterocycles. The molecule has 2 aromatic carbocycles. The molecule has 2 unspecified atom stereocenters. The number of rotatable bonds is 7. The maximum Gasteiger partial charge on any atom is 0.407 e. The van der Waals surface area contributed by atoms with Crippen LogP contribution < -0.4 is 10.6 Å². The van der Waals surface area contributed by atoms with Crippen molar-refractivity contribution in [2.45, 2.75) is 51.3 Å². The van der Waals surface area contributed by atoms with Gasteiger partial charge in [0.25, 0.3) is 0 Å². The van der Waals surface area contributed by atoms with Crippen LogP contribution >= 0.6 is 0 Å². The number of hydrogen-bond donors (Lipinski definition) is 2. The monoisotopic (exact) mass is 380 g/mol. The summed E-state index contributed by atoms with van der Waals surface area (Å²) in [7, 11) is 0. The van der Waals surface area contributed by atoms with E-state index in [0.717, 1.165) is 17.5 Å². The molecule has 0 aliphatic carbocycles. The number of hydrogen-bond acceptors (Lipinski definition) is 3. The lowest BCUT2D eigenvalue weighted by molar-refractivity contribution is -0.123. The van der Waals surface area contributed by atoms with E-state index in [1.54, 1.807) is 0 Å². The van der Waals surface area contributed by atoms with E-state index < -0.39 is 6.09 Å². The highest BCUT2D eigenvalue weighted by Crippen LogP contribution is 2.30. The Labute approximate surface area is 166 Å². The van der Waals surface area contributed by atoms with E-state index >= 15 is 0 Å². The van der Waals surface area contributed by atoms with Gasteiger partial charge in [0.05, 0.1) is 6.04 Å². The Balaban J connectivity index is 1.59. The van der Waals surface area contributed by atoms with E-state index in [1.165, 1.54) is 0 Å². The fraction of sp³-hybridized carbons (Fsp3) is 0.391. The summed E-state index contributed by atoms with van der Waals surface area (Å²) >= 11 is 0. The normalized spacial score (nSPS) is 18.9. The van der Waals surface area contributed by atoms with Crippen molar-refractivity contribution in [3.8, 4) is 0 Å². The third-order valence-electron chi connectivity index (χ3n) is 5.10. The Morgan fingerprint density at radius 1 is 1.14 bits per heavy atom. The molecule has 0 spiro atoms. The second-order valence-electron chi connectivity index (χ2n) is 8.02. The van der Waals surface area contributed by atoms with Gasteiger partial charge in [-0.25, -0.2) is 4.79 Å². The first-order valence-electron chi connectivity index (χ1n) is 9.77. The zero-order valence-electron chi connectivity index (χ0n) is 16.5. The van der Waals surface area contributed by atoms with Crippen molar-refractivity contribution in [3.05, 3.63) is 71.8 Å². The number of ether oxygens (including phenoxy) is 1. The minimum Gasteiger partial charge on any atom is -0.445 e. The van der Waals surface area contributed by atoms with Gasteiger partial charge < -0.3 is 15.4 Å². The lowest BCUT2D eigenvalue weighted by atomic mass is 9.90. The Bertz CT molecular complexity index is 790. The Hall–Kier alpha value is -2.82. The minimum atomic E-state index is -0.450. The number of amides is 2. The summed E-state index contributed by atoms with van der Waals surface area (Å²) in [5.74, 6) is 0.0758. The van der Waals surface area contributed by atoms with Crippen LogP contribution in [0.2, 0.25) is 0 Å². The second kappa shape index (κ2) is 8.91. The van der Waals surface area contributed by atoms with Gasteiger partial charge in [-0.1, -0.05) is 60.7 Å². The Kier molecular flexibility index (Phi) is 6.34. The molecule has 2 atom stereocenters. The third kappa shape index (κ3) is 5.59. The smallest absolute Gasteiger partial charge is 0.407 e. The van der Waals surface area contributed by atoms with Crippen LogP contribution in [-0.2, 0) is 16.1 Å². The van der Waals surface area contributed by atoms with Crippen molar-refractivity contribution in [2.75, 3.05) is 0 Å². The van der Waals surface area contributed by atoms with Gasteiger partial charge in [0.15, 0.2) is 0 Å². The van der Waals surface area contributed by atoms with Gasteiger partial charge in [-0.15, -0.1) is 0 Å². The molecule has 0 bridgehead atoms. The Morgan fingerprint density at radius 3 is 2.39 bits per heavy atom. The van der Waals surface area contributed by atoms with Crippen molar-refractivity contribution >= 4 is 12.0 Å². The SMILES string of the molecule is CC1(C)CC(CCC(NC(=O)OCc2ccccc2)c2ccccc2)C(=O)N1. The van der Waals surface area contributed by atoms with Gasteiger partial charge in [-0.05, 0) is 44.2 Å². The molecular weight excluding hydrogens is 352 g/mol. The van der Waals surface area contributed by atoms with E-state index in [2.05, 4.69) is 10.6 Å². The number of carbonyl (C=O) groups excluding carboxylic acids is 2. The molecule has 3 rings (SSSR count). The van der Waals surface area contributed by atoms with Crippen LogP contribution in [0.5, 0.6) is 0 Å². The second-order valence-corrected chi connectivity index (χ2v) is 8.02. The van der Waals surface area contributed by atoms with Gasteiger partial charge in [0, 0.05) is 11.5 Å². The number of benzene rings is 2. The molecule has 1 aliphatic rings. The van der Waals surface area contributed by atoms with Crippen molar-refractivity contribution < 1.29 is 14.3 Å². The molecular formula is C23H28N2O3. The number of nitrogens with one attached hydrogen (secondary N) is 2. The molecule has 1 fully saturated rings. The van der Waals surface area contributed by atoms with Crippen molar-refractivity contribution in [2.24, 2.45) is 5.92 Å².